The second kappa shape index (κ2) is 6.77. The maximum Gasteiger partial charge on any atom is 0.237 e. The minimum absolute atomic E-state index is 0.0818. The van der Waals surface area contributed by atoms with Gasteiger partial charge in [0, 0.05) is 11.0 Å². The Hall–Kier alpha value is -0.870. The molecule has 3 nitrogen and oxygen atoms in total. The molecule has 1 amide bonds. The number of hydrogen-bond acceptors (Lipinski definition) is 2. The topological polar surface area (TPSA) is 55.1 Å². The van der Waals surface area contributed by atoms with E-state index in [0.29, 0.717) is 18.9 Å². The molecule has 1 atom stereocenters. The van der Waals surface area contributed by atoms with E-state index in [9.17, 15) is 4.79 Å². The number of carbonyl (C=O) groups excluding carboxylic acids is 1. The van der Waals surface area contributed by atoms with Crippen LogP contribution in [0.25, 0.3) is 0 Å². The highest BCUT2D eigenvalue weighted by molar-refractivity contribution is 9.10. The van der Waals surface area contributed by atoms with E-state index in [4.69, 9.17) is 5.73 Å². The summed E-state index contributed by atoms with van der Waals surface area (Å²) in [6.07, 6.45) is 0.714. The Labute approximate surface area is 111 Å². The molecule has 1 rings (SSSR count). The Morgan fingerprint density at radius 3 is 2.47 bits per heavy atom. The fraction of sp³-hybridized carbons (Fsp3) is 0.462. The number of amides is 1. The summed E-state index contributed by atoms with van der Waals surface area (Å²) in [5, 5.41) is 2.84. The zero-order valence-corrected chi connectivity index (χ0v) is 11.8. The third-order valence-corrected chi connectivity index (χ3v) is 2.97. The van der Waals surface area contributed by atoms with Crippen molar-refractivity contribution in [3.05, 3.63) is 34.3 Å². The second-order valence-electron chi connectivity index (χ2n) is 4.58. The molecule has 0 aromatic heterocycles. The monoisotopic (exact) mass is 298 g/mol. The number of benzene rings is 1. The first kappa shape index (κ1) is 14.2. The highest BCUT2D eigenvalue weighted by atomic mass is 79.9. The predicted octanol–water partition coefficient (Wildman–Crippen LogP) is 2.44. The van der Waals surface area contributed by atoms with Gasteiger partial charge in [0.1, 0.15) is 0 Å². The Balaban J connectivity index is 2.40. The maximum atomic E-state index is 11.7. The lowest BCUT2D eigenvalue weighted by Gasteiger charge is -2.14. The maximum absolute atomic E-state index is 11.7. The van der Waals surface area contributed by atoms with Crippen molar-refractivity contribution in [2.45, 2.75) is 32.9 Å². The molecule has 4 heteroatoms. The molecule has 1 unspecified atom stereocenters. The third kappa shape index (κ3) is 5.33. The Kier molecular flexibility index (Phi) is 5.65. The van der Waals surface area contributed by atoms with E-state index >= 15 is 0 Å². The molecule has 0 bridgehead atoms. The minimum atomic E-state index is -0.412. The fourth-order valence-electron chi connectivity index (χ4n) is 1.54. The molecule has 0 aliphatic heterocycles. The largest absolute Gasteiger partial charge is 0.351 e. The van der Waals surface area contributed by atoms with Crippen molar-refractivity contribution >= 4 is 21.8 Å². The zero-order valence-electron chi connectivity index (χ0n) is 10.2. The van der Waals surface area contributed by atoms with Crippen molar-refractivity contribution in [3.8, 4) is 0 Å². The molecule has 94 valence electrons. The summed E-state index contributed by atoms with van der Waals surface area (Å²) in [6, 6.07) is 7.44. The van der Waals surface area contributed by atoms with Crippen LogP contribution < -0.4 is 11.1 Å². The van der Waals surface area contributed by atoms with Gasteiger partial charge in [-0.3, -0.25) is 4.79 Å². The Morgan fingerprint density at radius 1 is 1.35 bits per heavy atom. The van der Waals surface area contributed by atoms with Crippen molar-refractivity contribution in [2.24, 2.45) is 11.7 Å². The lowest BCUT2D eigenvalue weighted by molar-refractivity contribution is -0.122. The molecule has 0 spiro atoms. The molecule has 0 fully saturated rings. The lowest BCUT2D eigenvalue weighted by Crippen LogP contribution is -2.40. The van der Waals surface area contributed by atoms with Gasteiger partial charge < -0.3 is 11.1 Å². The van der Waals surface area contributed by atoms with Crippen LogP contribution in [0.5, 0.6) is 0 Å². The van der Waals surface area contributed by atoms with Gasteiger partial charge in [-0.05, 0) is 30.0 Å². The van der Waals surface area contributed by atoms with Gasteiger partial charge in [-0.2, -0.15) is 0 Å². The normalized spacial score (nSPS) is 12.5. The van der Waals surface area contributed by atoms with Crippen molar-refractivity contribution in [1.29, 1.82) is 0 Å². The van der Waals surface area contributed by atoms with Crippen molar-refractivity contribution in [2.75, 3.05) is 0 Å². The first-order chi connectivity index (χ1) is 7.99. The third-order valence-electron chi connectivity index (χ3n) is 2.44. The van der Waals surface area contributed by atoms with Crippen LogP contribution in [0.15, 0.2) is 28.7 Å². The summed E-state index contributed by atoms with van der Waals surface area (Å²) >= 11 is 3.37. The number of rotatable bonds is 5. The summed E-state index contributed by atoms with van der Waals surface area (Å²) in [5.74, 6) is 0.352. The van der Waals surface area contributed by atoms with Crippen molar-refractivity contribution in [1.82, 2.24) is 5.32 Å². The Bertz CT molecular complexity index is 362. The molecule has 17 heavy (non-hydrogen) atoms. The van der Waals surface area contributed by atoms with Gasteiger partial charge in [0.05, 0.1) is 6.04 Å². The second-order valence-corrected chi connectivity index (χ2v) is 5.50. The van der Waals surface area contributed by atoms with Crippen LogP contribution in [-0.4, -0.2) is 11.9 Å². The summed E-state index contributed by atoms with van der Waals surface area (Å²) in [7, 11) is 0. The van der Waals surface area contributed by atoms with E-state index in [1.54, 1.807) is 0 Å². The quantitative estimate of drug-likeness (QED) is 0.877. The van der Waals surface area contributed by atoms with Crippen LogP contribution in [0.4, 0.5) is 0 Å². The number of hydrogen-bond donors (Lipinski definition) is 2. The number of carbonyl (C=O) groups is 1. The molecule has 0 radical (unpaired) electrons. The fourth-order valence-corrected chi connectivity index (χ4v) is 1.80. The Morgan fingerprint density at radius 2 is 1.94 bits per heavy atom. The molecular formula is C13H19BrN2O. The van der Waals surface area contributed by atoms with Crippen LogP contribution in [0.1, 0.15) is 25.8 Å². The molecule has 0 saturated carbocycles. The van der Waals surface area contributed by atoms with Crippen molar-refractivity contribution in [3.63, 3.8) is 0 Å². The zero-order chi connectivity index (χ0) is 12.8. The minimum Gasteiger partial charge on any atom is -0.351 e. The molecule has 0 heterocycles. The van der Waals surface area contributed by atoms with E-state index < -0.39 is 6.04 Å². The molecule has 1 aromatic rings. The van der Waals surface area contributed by atoms with E-state index in [0.717, 1.165) is 10.0 Å². The average Bonchev–Trinajstić information content (AvgIpc) is 2.27. The smallest absolute Gasteiger partial charge is 0.237 e. The highest BCUT2D eigenvalue weighted by Crippen LogP contribution is 2.10. The molecule has 0 aliphatic rings. The number of nitrogens with one attached hydrogen (secondary N) is 1. The highest BCUT2D eigenvalue weighted by Gasteiger charge is 2.14. The van der Waals surface area contributed by atoms with Gasteiger partial charge in [-0.25, -0.2) is 0 Å². The first-order valence-corrected chi connectivity index (χ1v) is 6.56. The standard InChI is InChI=1S/C13H19BrN2O/c1-9(2)7-12(15)13(17)16-8-10-3-5-11(14)6-4-10/h3-6,9,12H,7-8,15H2,1-2H3,(H,16,17). The summed E-state index contributed by atoms with van der Waals surface area (Å²) < 4.78 is 1.03. The van der Waals surface area contributed by atoms with E-state index in [1.165, 1.54) is 0 Å². The van der Waals surface area contributed by atoms with Gasteiger partial charge >= 0.3 is 0 Å². The van der Waals surface area contributed by atoms with Crippen molar-refractivity contribution < 1.29 is 4.79 Å². The van der Waals surface area contributed by atoms with Gasteiger partial charge in [0.2, 0.25) is 5.91 Å². The van der Waals surface area contributed by atoms with Crippen LogP contribution >= 0.6 is 15.9 Å². The molecular weight excluding hydrogens is 280 g/mol. The van der Waals surface area contributed by atoms with E-state index in [1.807, 2.05) is 24.3 Å². The van der Waals surface area contributed by atoms with Crippen LogP contribution in [-0.2, 0) is 11.3 Å². The van der Waals surface area contributed by atoms with E-state index in [-0.39, 0.29) is 5.91 Å². The number of halogens is 1. The number of nitrogens with two attached hydrogens (primary N) is 1. The predicted molar refractivity (Wildman–Crippen MR) is 73.4 cm³/mol. The molecule has 1 aromatic carbocycles. The van der Waals surface area contributed by atoms with Crippen LogP contribution in [0, 0.1) is 5.92 Å². The average molecular weight is 299 g/mol. The van der Waals surface area contributed by atoms with E-state index in [2.05, 4.69) is 35.1 Å². The molecule has 0 saturated heterocycles. The molecule has 3 N–H and O–H groups in total. The summed E-state index contributed by atoms with van der Waals surface area (Å²) in [4.78, 5) is 11.7. The van der Waals surface area contributed by atoms with Crippen LogP contribution in [0.2, 0.25) is 0 Å². The SMILES string of the molecule is CC(C)CC(N)C(=O)NCc1ccc(Br)cc1. The van der Waals surface area contributed by atoms with Gasteiger partial charge in [-0.1, -0.05) is 41.9 Å². The summed E-state index contributed by atoms with van der Waals surface area (Å²) in [5.41, 5.74) is 6.85. The lowest BCUT2D eigenvalue weighted by atomic mass is 10.0. The van der Waals surface area contributed by atoms with Gasteiger partial charge in [0.25, 0.3) is 0 Å². The summed E-state index contributed by atoms with van der Waals surface area (Å²) in [6.45, 7) is 4.64. The van der Waals surface area contributed by atoms with Gasteiger partial charge in [-0.15, -0.1) is 0 Å². The van der Waals surface area contributed by atoms with Gasteiger partial charge in [0.15, 0.2) is 0 Å². The first-order valence-electron chi connectivity index (χ1n) is 5.76. The molecule has 0 aliphatic carbocycles. The van der Waals surface area contributed by atoms with Crippen LogP contribution in [0.3, 0.4) is 0 Å².